The first-order chi connectivity index (χ1) is 11.9. The van der Waals surface area contributed by atoms with Crippen molar-refractivity contribution in [2.45, 2.75) is 13.8 Å². The van der Waals surface area contributed by atoms with E-state index >= 15 is 0 Å². The molecule has 132 valence electrons. The molecule has 1 aliphatic rings. The molecule has 0 bridgehead atoms. The van der Waals surface area contributed by atoms with E-state index in [1.165, 1.54) is 13.3 Å². The van der Waals surface area contributed by atoms with E-state index in [0.29, 0.717) is 22.4 Å². The summed E-state index contributed by atoms with van der Waals surface area (Å²) in [6.45, 7) is 3.53. The van der Waals surface area contributed by atoms with Crippen LogP contribution in [0.3, 0.4) is 0 Å². The van der Waals surface area contributed by atoms with Gasteiger partial charge in [0.15, 0.2) is 5.17 Å². The Morgan fingerprint density at radius 2 is 2.08 bits per heavy atom. The van der Waals surface area contributed by atoms with Crippen molar-refractivity contribution in [2.75, 3.05) is 14.2 Å². The molecule has 1 saturated heterocycles. The Labute approximate surface area is 148 Å². The molecule has 0 saturated carbocycles. The van der Waals surface area contributed by atoms with Gasteiger partial charge in [-0.1, -0.05) is 0 Å². The molecule has 0 unspecified atom stereocenters. The minimum absolute atomic E-state index is 0.0802. The highest BCUT2D eigenvalue weighted by molar-refractivity contribution is 8.18. The minimum atomic E-state index is -0.630. The standard InChI is InChI=1S/C16H17N3O5S/c1-8-5-11(23-3)9(2)10(14(8)21)7-17-19-16-18-15(22)12(25-16)6-13(20)24-4/h5-7,21H,1-4H3,(H,18,19,22)/b12-6+,17-7?. The third kappa shape index (κ3) is 4.18. The predicted octanol–water partition coefficient (Wildman–Crippen LogP) is 1.63. The number of aryl methyl sites for hydroxylation is 1. The third-order valence-electron chi connectivity index (χ3n) is 3.41. The third-order valence-corrected chi connectivity index (χ3v) is 4.31. The number of amidine groups is 1. The van der Waals surface area contributed by atoms with Crippen LogP contribution in [-0.2, 0) is 14.3 Å². The Hall–Kier alpha value is -2.81. The predicted molar refractivity (Wildman–Crippen MR) is 95.0 cm³/mol. The lowest BCUT2D eigenvalue weighted by Crippen LogP contribution is -2.19. The number of rotatable bonds is 4. The van der Waals surface area contributed by atoms with Gasteiger partial charge >= 0.3 is 5.97 Å². The summed E-state index contributed by atoms with van der Waals surface area (Å²) in [5.74, 6) is -0.386. The molecule has 0 spiro atoms. The highest BCUT2D eigenvalue weighted by atomic mass is 32.2. The fourth-order valence-corrected chi connectivity index (χ4v) is 2.79. The number of methoxy groups -OCH3 is 2. The molecule has 1 amide bonds. The van der Waals surface area contributed by atoms with Gasteiger partial charge in [0.25, 0.3) is 5.91 Å². The van der Waals surface area contributed by atoms with Crippen molar-refractivity contribution in [3.8, 4) is 11.5 Å². The van der Waals surface area contributed by atoms with Crippen molar-refractivity contribution in [1.29, 1.82) is 0 Å². The fraction of sp³-hybridized carbons (Fsp3) is 0.250. The largest absolute Gasteiger partial charge is 0.507 e. The molecule has 1 fully saturated rings. The average Bonchev–Trinajstić information content (AvgIpc) is 2.93. The van der Waals surface area contributed by atoms with E-state index in [0.717, 1.165) is 17.8 Å². The van der Waals surface area contributed by atoms with Crippen LogP contribution in [0.5, 0.6) is 11.5 Å². The quantitative estimate of drug-likeness (QED) is 0.364. The van der Waals surface area contributed by atoms with Crippen LogP contribution in [0, 0.1) is 13.8 Å². The number of aromatic hydroxyl groups is 1. The van der Waals surface area contributed by atoms with E-state index in [1.54, 1.807) is 27.0 Å². The van der Waals surface area contributed by atoms with Crippen LogP contribution in [0.4, 0.5) is 0 Å². The van der Waals surface area contributed by atoms with Crippen molar-refractivity contribution in [1.82, 2.24) is 5.32 Å². The number of esters is 1. The van der Waals surface area contributed by atoms with E-state index in [-0.39, 0.29) is 15.8 Å². The van der Waals surface area contributed by atoms with Crippen LogP contribution >= 0.6 is 11.8 Å². The molecule has 1 aromatic carbocycles. The Balaban J connectivity index is 2.23. The molecule has 1 heterocycles. The van der Waals surface area contributed by atoms with Crippen LogP contribution in [0.15, 0.2) is 27.3 Å². The van der Waals surface area contributed by atoms with Crippen molar-refractivity contribution >= 4 is 35.0 Å². The zero-order valence-electron chi connectivity index (χ0n) is 14.1. The van der Waals surface area contributed by atoms with E-state index in [2.05, 4.69) is 20.3 Å². The summed E-state index contributed by atoms with van der Waals surface area (Å²) in [4.78, 5) is 23.1. The number of thioether (sulfide) groups is 1. The Morgan fingerprint density at radius 3 is 2.72 bits per heavy atom. The number of hydrogen-bond acceptors (Lipinski definition) is 8. The van der Waals surface area contributed by atoms with Gasteiger partial charge in [0.2, 0.25) is 0 Å². The SMILES string of the molecule is COC(=O)/C=C1/S/C(=N\N=Cc2c(C)c(OC)cc(C)c2O)NC1=O. The summed E-state index contributed by atoms with van der Waals surface area (Å²) in [6, 6.07) is 1.73. The molecule has 0 radical (unpaired) electrons. The molecule has 2 N–H and O–H groups in total. The van der Waals surface area contributed by atoms with E-state index in [1.807, 2.05) is 0 Å². The first kappa shape index (κ1) is 18.5. The maximum atomic E-state index is 11.7. The van der Waals surface area contributed by atoms with Gasteiger partial charge in [0, 0.05) is 17.2 Å². The van der Waals surface area contributed by atoms with E-state index in [4.69, 9.17) is 4.74 Å². The number of phenolic OH excluding ortho intramolecular Hbond substituents is 1. The molecule has 9 heteroatoms. The van der Waals surface area contributed by atoms with Crippen molar-refractivity contribution in [3.63, 3.8) is 0 Å². The van der Waals surface area contributed by atoms with Gasteiger partial charge in [0.1, 0.15) is 11.5 Å². The lowest BCUT2D eigenvalue weighted by Gasteiger charge is -2.11. The number of nitrogens with one attached hydrogen (secondary N) is 1. The maximum Gasteiger partial charge on any atom is 0.331 e. The van der Waals surface area contributed by atoms with Gasteiger partial charge in [-0.3, -0.25) is 10.1 Å². The van der Waals surface area contributed by atoms with Crippen molar-refractivity contribution < 1.29 is 24.2 Å². The first-order valence-corrected chi connectivity index (χ1v) is 7.96. The Bertz CT molecular complexity index is 814. The average molecular weight is 363 g/mol. The molecule has 1 aromatic rings. The second-order valence-corrected chi connectivity index (χ2v) is 6.05. The molecule has 0 aliphatic carbocycles. The van der Waals surface area contributed by atoms with E-state index in [9.17, 15) is 14.7 Å². The highest BCUT2D eigenvalue weighted by Crippen LogP contribution is 2.31. The second kappa shape index (κ2) is 7.84. The molecule has 1 aliphatic heterocycles. The number of amides is 1. The van der Waals surface area contributed by atoms with E-state index < -0.39 is 11.9 Å². The second-order valence-electron chi connectivity index (χ2n) is 5.02. The van der Waals surface area contributed by atoms with Gasteiger partial charge < -0.3 is 14.6 Å². The van der Waals surface area contributed by atoms with Gasteiger partial charge in [-0.05, 0) is 37.2 Å². The summed E-state index contributed by atoms with van der Waals surface area (Å²) >= 11 is 0.965. The Kier molecular flexibility index (Phi) is 5.81. The number of carbonyl (C=O) groups excluding carboxylic acids is 2. The number of nitrogens with zero attached hydrogens (tertiary/aromatic N) is 2. The normalized spacial score (nSPS) is 17.4. The summed E-state index contributed by atoms with van der Waals surface area (Å²) in [7, 11) is 2.76. The zero-order chi connectivity index (χ0) is 18.6. The maximum absolute atomic E-state index is 11.7. The van der Waals surface area contributed by atoms with Crippen molar-refractivity contribution in [3.05, 3.63) is 33.7 Å². The van der Waals surface area contributed by atoms with Crippen molar-refractivity contribution in [2.24, 2.45) is 10.2 Å². The minimum Gasteiger partial charge on any atom is -0.507 e. The fourth-order valence-electron chi connectivity index (χ4n) is 2.05. The van der Waals surface area contributed by atoms with Crippen LogP contribution in [0.25, 0.3) is 0 Å². The smallest absolute Gasteiger partial charge is 0.331 e. The molecular weight excluding hydrogens is 346 g/mol. The highest BCUT2D eigenvalue weighted by Gasteiger charge is 2.25. The monoisotopic (exact) mass is 363 g/mol. The van der Waals surface area contributed by atoms with Crippen LogP contribution in [0.1, 0.15) is 16.7 Å². The summed E-state index contributed by atoms with van der Waals surface area (Å²) in [5.41, 5.74) is 1.83. The van der Waals surface area contributed by atoms with Gasteiger partial charge in [-0.2, -0.15) is 5.10 Å². The summed E-state index contributed by atoms with van der Waals surface area (Å²) in [5, 5.41) is 20.7. The topological polar surface area (TPSA) is 110 Å². The Morgan fingerprint density at radius 1 is 1.36 bits per heavy atom. The molecule has 0 aromatic heterocycles. The lowest BCUT2D eigenvalue weighted by atomic mass is 10.0. The molecular formula is C16H17N3O5S. The summed E-state index contributed by atoms with van der Waals surface area (Å²) < 4.78 is 9.73. The zero-order valence-corrected chi connectivity index (χ0v) is 14.9. The number of phenols is 1. The number of carbonyl (C=O) groups is 2. The van der Waals surface area contributed by atoms with Crippen LogP contribution in [0.2, 0.25) is 0 Å². The van der Waals surface area contributed by atoms with Gasteiger partial charge in [-0.25, -0.2) is 4.79 Å². The summed E-state index contributed by atoms with van der Waals surface area (Å²) in [6.07, 6.45) is 2.45. The molecule has 2 rings (SSSR count). The van der Waals surface area contributed by atoms with Crippen LogP contribution < -0.4 is 10.1 Å². The number of hydrogen-bond donors (Lipinski definition) is 2. The molecule has 25 heavy (non-hydrogen) atoms. The number of ether oxygens (including phenoxy) is 2. The molecule has 0 atom stereocenters. The first-order valence-electron chi connectivity index (χ1n) is 7.14. The van der Waals surface area contributed by atoms with Crippen LogP contribution in [-0.4, -0.2) is 42.6 Å². The lowest BCUT2D eigenvalue weighted by molar-refractivity contribution is -0.135. The van der Waals surface area contributed by atoms with Gasteiger partial charge in [0.05, 0.1) is 25.3 Å². The number of benzene rings is 1. The molecule has 8 nitrogen and oxygen atoms in total. The van der Waals surface area contributed by atoms with Gasteiger partial charge in [-0.15, -0.1) is 5.10 Å².